The van der Waals surface area contributed by atoms with Gasteiger partial charge in [-0.05, 0) is 43.3 Å². The van der Waals surface area contributed by atoms with Gasteiger partial charge < -0.3 is 14.9 Å². The van der Waals surface area contributed by atoms with Crippen LogP contribution in [0.25, 0.3) is 11.0 Å². The molecule has 3 aromatic rings. The van der Waals surface area contributed by atoms with E-state index >= 15 is 0 Å². The van der Waals surface area contributed by atoms with E-state index in [4.69, 9.17) is 14.9 Å². The number of fused-ring (bicyclic) bond motifs is 1. The summed E-state index contributed by atoms with van der Waals surface area (Å²) < 4.78 is 10.9. The number of benzene rings is 2. The van der Waals surface area contributed by atoms with Gasteiger partial charge in [-0.15, -0.1) is 5.10 Å². The second-order valence-corrected chi connectivity index (χ2v) is 5.38. The fourth-order valence-corrected chi connectivity index (χ4v) is 2.36. The first-order valence-corrected chi connectivity index (χ1v) is 7.98. The first-order valence-electron chi connectivity index (χ1n) is 7.98. The maximum absolute atomic E-state index is 12.2. The van der Waals surface area contributed by atoms with Crippen LogP contribution in [-0.4, -0.2) is 18.4 Å². The van der Waals surface area contributed by atoms with E-state index in [1.54, 1.807) is 48.5 Å². The van der Waals surface area contributed by atoms with Gasteiger partial charge in [0.1, 0.15) is 16.9 Å². The number of amides is 2. The van der Waals surface area contributed by atoms with Gasteiger partial charge in [-0.3, -0.25) is 9.59 Å². The lowest BCUT2D eigenvalue weighted by Crippen LogP contribution is -2.27. The zero-order valence-corrected chi connectivity index (χ0v) is 14.1. The standard InChI is InChI=1S/C19H17N3O4/c1-2-25-14-9-7-12(8-10-14)18(24)21-22-19-15(17(20)23)11-13-5-3-4-6-16(13)26-19/h3-11H,2H2,1H3,(H2,20,23)(H,21,24)/b22-19+. The Kier molecular flexibility index (Phi) is 4.98. The van der Waals surface area contributed by atoms with Crippen molar-refractivity contribution < 1.29 is 18.7 Å². The van der Waals surface area contributed by atoms with Gasteiger partial charge in [0.05, 0.1) is 6.61 Å². The van der Waals surface area contributed by atoms with E-state index in [0.29, 0.717) is 28.9 Å². The third-order valence-electron chi connectivity index (χ3n) is 3.61. The van der Waals surface area contributed by atoms with E-state index in [-0.39, 0.29) is 11.1 Å². The summed E-state index contributed by atoms with van der Waals surface area (Å²) in [6.07, 6.45) is 0. The highest BCUT2D eigenvalue weighted by Gasteiger charge is 2.10. The van der Waals surface area contributed by atoms with Crippen molar-refractivity contribution in [2.45, 2.75) is 6.92 Å². The normalized spacial score (nSPS) is 11.3. The van der Waals surface area contributed by atoms with Crippen LogP contribution in [0.15, 0.2) is 64.1 Å². The average Bonchev–Trinajstić information content (AvgIpc) is 2.66. The molecule has 132 valence electrons. The molecule has 0 unspecified atom stereocenters. The van der Waals surface area contributed by atoms with Crippen LogP contribution in [-0.2, 0) is 0 Å². The molecule has 3 N–H and O–H groups in total. The molecule has 0 aliphatic heterocycles. The number of para-hydroxylation sites is 1. The second kappa shape index (κ2) is 7.52. The second-order valence-electron chi connectivity index (χ2n) is 5.38. The minimum absolute atomic E-state index is 0.0597. The number of nitrogens with zero attached hydrogens (tertiary/aromatic N) is 1. The van der Waals surface area contributed by atoms with Crippen molar-refractivity contribution >= 4 is 22.8 Å². The molecule has 1 aromatic heterocycles. The molecule has 2 aromatic carbocycles. The van der Waals surface area contributed by atoms with Crippen LogP contribution in [0.5, 0.6) is 5.75 Å². The minimum atomic E-state index is -0.700. The van der Waals surface area contributed by atoms with Crippen LogP contribution >= 0.6 is 0 Å². The lowest BCUT2D eigenvalue weighted by atomic mass is 10.2. The molecule has 0 fully saturated rings. The summed E-state index contributed by atoms with van der Waals surface area (Å²) in [4.78, 5) is 23.9. The van der Waals surface area contributed by atoms with Gasteiger partial charge in [0, 0.05) is 10.9 Å². The summed E-state index contributed by atoms with van der Waals surface area (Å²) in [5.41, 5.74) is 8.68. The van der Waals surface area contributed by atoms with Crippen molar-refractivity contribution in [3.8, 4) is 5.75 Å². The minimum Gasteiger partial charge on any atom is -0.494 e. The van der Waals surface area contributed by atoms with Crippen LogP contribution in [0, 0.1) is 0 Å². The zero-order valence-electron chi connectivity index (χ0n) is 14.1. The van der Waals surface area contributed by atoms with E-state index in [1.807, 2.05) is 13.0 Å². The van der Waals surface area contributed by atoms with E-state index in [0.717, 1.165) is 0 Å². The van der Waals surface area contributed by atoms with Gasteiger partial charge in [-0.1, -0.05) is 18.2 Å². The molecule has 0 aliphatic carbocycles. The molecule has 3 rings (SSSR count). The maximum Gasteiger partial charge on any atom is 0.271 e. The number of nitrogens with two attached hydrogens (primary N) is 1. The van der Waals surface area contributed by atoms with Crippen molar-refractivity contribution in [3.05, 3.63) is 71.3 Å². The Morgan fingerprint density at radius 2 is 1.88 bits per heavy atom. The molecular formula is C19H17N3O4. The highest BCUT2D eigenvalue weighted by Crippen LogP contribution is 2.13. The Morgan fingerprint density at radius 3 is 2.58 bits per heavy atom. The molecule has 7 nitrogen and oxygen atoms in total. The third-order valence-corrected chi connectivity index (χ3v) is 3.61. The molecular weight excluding hydrogens is 334 g/mol. The number of primary amides is 1. The quantitative estimate of drug-likeness (QED) is 0.687. The fraction of sp³-hybridized carbons (Fsp3) is 0.105. The Balaban J connectivity index is 1.90. The monoisotopic (exact) mass is 351 g/mol. The highest BCUT2D eigenvalue weighted by molar-refractivity contribution is 5.96. The van der Waals surface area contributed by atoms with E-state index in [1.165, 1.54) is 0 Å². The summed E-state index contributed by atoms with van der Waals surface area (Å²) in [5.74, 6) is -0.484. The van der Waals surface area contributed by atoms with Crippen molar-refractivity contribution in [1.29, 1.82) is 0 Å². The third kappa shape index (κ3) is 3.72. The number of nitrogens with one attached hydrogen (secondary N) is 1. The number of carbonyl (C=O) groups excluding carboxylic acids is 2. The Hall–Kier alpha value is -3.61. The van der Waals surface area contributed by atoms with Crippen LogP contribution in [0.4, 0.5) is 0 Å². The molecule has 0 saturated carbocycles. The number of hydrogen-bond donors (Lipinski definition) is 2. The number of hydrogen-bond acceptors (Lipinski definition) is 5. The van der Waals surface area contributed by atoms with Crippen molar-refractivity contribution in [1.82, 2.24) is 5.43 Å². The first-order chi connectivity index (χ1) is 12.6. The predicted octanol–water partition coefficient (Wildman–Crippen LogP) is 2.18. The van der Waals surface area contributed by atoms with E-state index in [9.17, 15) is 9.59 Å². The van der Waals surface area contributed by atoms with E-state index < -0.39 is 11.8 Å². The molecule has 7 heteroatoms. The first kappa shape index (κ1) is 17.2. The lowest BCUT2D eigenvalue weighted by molar-refractivity contribution is 0.0946. The molecule has 0 radical (unpaired) electrons. The largest absolute Gasteiger partial charge is 0.494 e. The summed E-state index contributed by atoms with van der Waals surface area (Å²) in [6, 6.07) is 15.3. The SMILES string of the molecule is CCOc1ccc(C(=O)N/N=c2/oc3ccccc3cc2C(N)=O)cc1. The summed E-state index contributed by atoms with van der Waals surface area (Å²) >= 11 is 0. The smallest absolute Gasteiger partial charge is 0.271 e. The molecule has 0 bridgehead atoms. The molecule has 0 spiro atoms. The zero-order chi connectivity index (χ0) is 18.5. The number of carbonyl (C=O) groups is 2. The fourth-order valence-electron chi connectivity index (χ4n) is 2.36. The summed E-state index contributed by atoms with van der Waals surface area (Å²) in [7, 11) is 0. The number of ether oxygens (including phenoxy) is 1. The molecule has 0 atom stereocenters. The molecule has 0 saturated heterocycles. The average molecular weight is 351 g/mol. The molecule has 2 amide bonds. The Bertz CT molecular complexity index is 1020. The van der Waals surface area contributed by atoms with Crippen LogP contribution < -0.4 is 21.5 Å². The van der Waals surface area contributed by atoms with Crippen LogP contribution in [0.3, 0.4) is 0 Å². The van der Waals surface area contributed by atoms with Gasteiger partial charge in [0.2, 0.25) is 5.55 Å². The van der Waals surface area contributed by atoms with Gasteiger partial charge in [-0.2, -0.15) is 0 Å². The van der Waals surface area contributed by atoms with Crippen LogP contribution in [0.1, 0.15) is 27.6 Å². The topological polar surface area (TPSA) is 107 Å². The van der Waals surface area contributed by atoms with Crippen molar-refractivity contribution in [2.75, 3.05) is 6.61 Å². The van der Waals surface area contributed by atoms with Crippen molar-refractivity contribution in [2.24, 2.45) is 10.8 Å². The summed E-state index contributed by atoms with van der Waals surface area (Å²) in [6.45, 7) is 2.42. The molecule has 0 aliphatic rings. The van der Waals surface area contributed by atoms with Crippen molar-refractivity contribution in [3.63, 3.8) is 0 Å². The van der Waals surface area contributed by atoms with Gasteiger partial charge in [0.15, 0.2) is 0 Å². The molecule has 26 heavy (non-hydrogen) atoms. The number of rotatable bonds is 5. The predicted molar refractivity (Wildman–Crippen MR) is 95.4 cm³/mol. The van der Waals surface area contributed by atoms with Crippen LogP contribution in [0.2, 0.25) is 0 Å². The molecule has 1 heterocycles. The summed E-state index contributed by atoms with van der Waals surface area (Å²) in [5, 5.41) is 4.62. The van der Waals surface area contributed by atoms with Gasteiger partial charge in [0.25, 0.3) is 11.8 Å². The lowest BCUT2D eigenvalue weighted by Gasteiger charge is -2.04. The maximum atomic E-state index is 12.2. The van der Waals surface area contributed by atoms with Gasteiger partial charge >= 0.3 is 0 Å². The Labute approximate surface area is 149 Å². The highest BCUT2D eigenvalue weighted by atomic mass is 16.5. The van der Waals surface area contributed by atoms with Gasteiger partial charge in [-0.25, -0.2) is 5.43 Å². The van der Waals surface area contributed by atoms with E-state index in [2.05, 4.69) is 10.5 Å². The Morgan fingerprint density at radius 1 is 1.15 bits per heavy atom.